The molecule has 206 valence electrons. The molecule has 15 heteroatoms. The number of halogens is 6. The molecule has 0 bridgehead atoms. The van der Waals surface area contributed by atoms with Crippen molar-refractivity contribution in [1.29, 1.82) is 0 Å². The van der Waals surface area contributed by atoms with E-state index in [1.54, 1.807) is 20.8 Å². The van der Waals surface area contributed by atoms with E-state index in [9.17, 15) is 41.4 Å². The zero-order chi connectivity index (χ0) is 28.6. The van der Waals surface area contributed by atoms with E-state index >= 15 is 0 Å². The van der Waals surface area contributed by atoms with Gasteiger partial charge in [0.15, 0.2) is 0 Å². The van der Waals surface area contributed by atoms with Crippen LogP contribution in [-0.4, -0.2) is 45.2 Å². The van der Waals surface area contributed by atoms with Gasteiger partial charge in [-0.25, -0.2) is 18.4 Å². The first-order valence-corrected chi connectivity index (χ1v) is 12.2. The summed E-state index contributed by atoms with van der Waals surface area (Å²) in [6.45, 7) is 4.10. The average molecular weight is 582 g/mol. The van der Waals surface area contributed by atoms with E-state index < -0.39 is 85.4 Å². The lowest BCUT2D eigenvalue weighted by Crippen LogP contribution is -2.42. The summed E-state index contributed by atoms with van der Waals surface area (Å²) in [5, 5.41) is 10.8. The summed E-state index contributed by atoms with van der Waals surface area (Å²) in [4.78, 5) is 40.2. The van der Waals surface area contributed by atoms with Gasteiger partial charge in [0.05, 0.1) is 34.1 Å². The summed E-state index contributed by atoms with van der Waals surface area (Å²) in [7, 11) is 0. The number of carbonyl (C=O) groups is 1. The Hall–Kier alpha value is -3.10. The minimum atomic E-state index is -5.14. The topological polar surface area (TPSA) is 124 Å². The molecule has 0 unspecified atom stereocenters. The van der Waals surface area contributed by atoms with E-state index in [4.69, 9.17) is 16.3 Å². The molecular formula is C23H21ClF5N3O5S. The number of alkyl halides is 3. The van der Waals surface area contributed by atoms with Gasteiger partial charge in [-0.05, 0) is 32.9 Å². The van der Waals surface area contributed by atoms with Gasteiger partial charge in [0.1, 0.15) is 17.2 Å². The molecule has 0 radical (unpaired) electrons. The fourth-order valence-corrected chi connectivity index (χ4v) is 4.81. The zero-order valence-corrected chi connectivity index (χ0v) is 21.6. The van der Waals surface area contributed by atoms with Gasteiger partial charge in [-0.15, -0.1) is 11.8 Å². The Morgan fingerprint density at radius 3 is 2.37 bits per heavy atom. The lowest BCUT2D eigenvalue weighted by Gasteiger charge is -2.23. The monoisotopic (exact) mass is 581 g/mol. The van der Waals surface area contributed by atoms with Crippen LogP contribution < -0.4 is 16.6 Å². The van der Waals surface area contributed by atoms with E-state index in [2.05, 4.69) is 10.3 Å². The van der Waals surface area contributed by atoms with Gasteiger partial charge in [0.2, 0.25) is 0 Å². The van der Waals surface area contributed by atoms with Crippen LogP contribution in [0.1, 0.15) is 26.3 Å². The van der Waals surface area contributed by atoms with Crippen molar-refractivity contribution in [2.75, 3.05) is 12.4 Å². The third kappa shape index (κ3) is 6.66. The average Bonchev–Trinajstić information content (AvgIpc) is 2.76. The second-order valence-electron chi connectivity index (χ2n) is 9.04. The smallest absolute Gasteiger partial charge is 0.417 e. The normalized spacial score (nSPS) is 13.0. The first-order valence-electron chi connectivity index (χ1n) is 10.8. The number of thioether (sulfide) groups is 1. The molecule has 0 aliphatic heterocycles. The highest BCUT2D eigenvalue weighted by Crippen LogP contribution is 2.46. The Labute approximate surface area is 220 Å². The Morgan fingerprint density at radius 2 is 1.79 bits per heavy atom. The molecule has 1 atom stereocenters. The molecule has 0 aliphatic carbocycles. The third-order valence-electron chi connectivity index (χ3n) is 4.95. The number of aromatic nitrogens is 2. The molecule has 3 aromatic rings. The van der Waals surface area contributed by atoms with E-state index in [1.807, 2.05) is 4.98 Å². The summed E-state index contributed by atoms with van der Waals surface area (Å²) in [5.41, 5.74) is -6.52. The summed E-state index contributed by atoms with van der Waals surface area (Å²) in [5.74, 6) is -2.93. The maximum Gasteiger partial charge on any atom is 0.417 e. The van der Waals surface area contributed by atoms with Crippen LogP contribution in [0.2, 0.25) is 5.02 Å². The lowest BCUT2D eigenvalue weighted by molar-refractivity contribution is -0.137. The summed E-state index contributed by atoms with van der Waals surface area (Å²) in [6.07, 6.45) is -6.06. The van der Waals surface area contributed by atoms with Gasteiger partial charge >= 0.3 is 18.0 Å². The second kappa shape index (κ2) is 10.9. The first kappa shape index (κ1) is 29.5. The van der Waals surface area contributed by atoms with Crippen molar-refractivity contribution in [2.24, 2.45) is 0 Å². The first-order chi connectivity index (χ1) is 17.5. The summed E-state index contributed by atoms with van der Waals surface area (Å²) in [6, 6.07) is 0.309. The van der Waals surface area contributed by atoms with Crippen molar-refractivity contribution in [1.82, 2.24) is 15.3 Å². The van der Waals surface area contributed by atoms with Gasteiger partial charge in [-0.3, -0.25) is 9.78 Å². The maximum absolute atomic E-state index is 14.9. The molecule has 0 spiro atoms. The van der Waals surface area contributed by atoms with E-state index in [0.717, 1.165) is 0 Å². The molecule has 0 aliphatic rings. The van der Waals surface area contributed by atoms with Crippen molar-refractivity contribution in [3.63, 3.8) is 0 Å². The largest absolute Gasteiger partial charge is 0.444 e. The molecule has 4 N–H and O–H groups in total. The summed E-state index contributed by atoms with van der Waals surface area (Å²) >= 11 is 6.32. The quantitative estimate of drug-likeness (QED) is 0.188. The van der Waals surface area contributed by atoms with E-state index in [0.29, 0.717) is 30.0 Å². The number of H-pyrrole nitrogens is 2. The van der Waals surface area contributed by atoms with Crippen LogP contribution in [0, 0.1) is 11.6 Å². The van der Waals surface area contributed by atoms with E-state index in [1.165, 1.54) is 0 Å². The standard InChI is InChI=1S/C23H21ClF5N3O5S/c1-22(2,3)37-21(36)30-9(7-33)8-38-18-16(10-5-13(24)15(26)6-14(10)25)12(23(27,28)29)4-11-17(18)31-20(35)32-19(11)34/h4-6,9,33H,7-8H2,1-3H3,(H,30,36)(H2,31,32,34,35)/t9-/m0/s1. The van der Waals surface area contributed by atoms with Crippen molar-refractivity contribution in [2.45, 2.75) is 43.5 Å². The van der Waals surface area contributed by atoms with Gasteiger partial charge in [0.25, 0.3) is 5.56 Å². The molecule has 0 saturated carbocycles. The van der Waals surface area contributed by atoms with Gasteiger partial charge in [0, 0.05) is 27.8 Å². The van der Waals surface area contributed by atoms with Crippen LogP contribution in [0.25, 0.3) is 22.0 Å². The molecule has 3 rings (SSSR count). The molecule has 38 heavy (non-hydrogen) atoms. The van der Waals surface area contributed by atoms with Crippen LogP contribution in [-0.2, 0) is 10.9 Å². The highest BCUT2D eigenvalue weighted by atomic mass is 35.5. The molecular weight excluding hydrogens is 561 g/mol. The second-order valence-corrected chi connectivity index (χ2v) is 10.5. The predicted octanol–water partition coefficient (Wildman–Crippen LogP) is 4.81. The van der Waals surface area contributed by atoms with Gasteiger partial charge < -0.3 is 20.1 Å². The van der Waals surface area contributed by atoms with Crippen LogP contribution >= 0.6 is 23.4 Å². The number of hydrogen-bond acceptors (Lipinski definition) is 6. The number of benzene rings is 2. The Balaban J connectivity index is 2.27. The molecule has 8 nitrogen and oxygen atoms in total. The molecule has 0 fully saturated rings. The van der Waals surface area contributed by atoms with Crippen LogP contribution in [0.4, 0.5) is 26.7 Å². The highest BCUT2D eigenvalue weighted by molar-refractivity contribution is 7.99. The fraction of sp³-hybridized carbons (Fsp3) is 0.348. The summed E-state index contributed by atoms with van der Waals surface area (Å²) < 4.78 is 76.5. The maximum atomic E-state index is 14.9. The van der Waals surface area contributed by atoms with Gasteiger partial charge in [-0.1, -0.05) is 11.6 Å². The zero-order valence-electron chi connectivity index (χ0n) is 20.0. The number of amides is 1. The van der Waals surface area contributed by atoms with E-state index in [-0.39, 0.29) is 11.3 Å². The third-order valence-corrected chi connectivity index (χ3v) is 6.50. The minimum Gasteiger partial charge on any atom is -0.444 e. The van der Waals surface area contributed by atoms with Crippen LogP contribution in [0.15, 0.2) is 32.7 Å². The van der Waals surface area contributed by atoms with Crippen molar-refractivity contribution in [3.8, 4) is 11.1 Å². The number of nitrogens with one attached hydrogen (secondary N) is 3. The van der Waals surface area contributed by atoms with Gasteiger partial charge in [-0.2, -0.15) is 13.2 Å². The number of carbonyl (C=O) groups excluding carboxylic acids is 1. The number of aromatic amines is 2. The highest BCUT2D eigenvalue weighted by Gasteiger charge is 2.37. The Kier molecular flexibility index (Phi) is 8.48. The number of aliphatic hydroxyl groups excluding tert-OH is 1. The Bertz CT molecular complexity index is 1500. The number of hydrogen-bond donors (Lipinski definition) is 4. The number of rotatable bonds is 6. The molecule has 1 aromatic heterocycles. The molecule has 1 amide bonds. The molecule has 1 heterocycles. The van der Waals surface area contributed by atoms with Crippen molar-refractivity contribution in [3.05, 3.63) is 61.3 Å². The molecule has 0 saturated heterocycles. The number of aliphatic hydroxyl groups is 1. The fourth-order valence-electron chi connectivity index (χ4n) is 3.42. The number of ether oxygens (including phenoxy) is 1. The number of alkyl carbamates (subject to hydrolysis) is 1. The SMILES string of the molecule is CC(C)(C)OC(=O)N[C@@H](CO)CSc1c(-c2cc(Cl)c(F)cc2F)c(C(F)(F)F)cc2c(=O)[nH]c(=O)[nH]c12. The van der Waals surface area contributed by atoms with Crippen LogP contribution in [0.3, 0.4) is 0 Å². The molecule has 2 aromatic carbocycles. The Morgan fingerprint density at radius 1 is 1.13 bits per heavy atom. The number of fused-ring (bicyclic) bond motifs is 1. The predicted molar refractivity (Wildman–Crippen MR) is 132 cm³/mol. The minimum absolute atomic E-state index is 0.303. The lowest BCUT2D eigenvalue weighted by atomic mass is 9.96. The van der Waals surface area contributed by atoms with Crippen molar-refractivity contribution >= 4 is 40.4 Å². The van der Waals surface area contributed by atoms with Crippen molar-refractivity contribution < 1.29 is 36.6 Å². The van der Waals surface area contributed by atoms with Crippen LogP contribution in [0.5, 0.6) is 0 Å².